The van der Waals surface area contributed by atoms with Crippen LogP contribution in [-0.4, -0.2) is 40.8 Å². The van der Waals surface area contributed by atoms with Gasteiger partial charge >= 0.3 is 18.5 Å². The van der Waals surface area contributed by atoms with Gasteiger partial charge in [-0.1, -0.05) is 12.1 Å². The molecule has 20 heteroatoms. The number of nitrogens with one attached hydrogen (secondary N) is 3. The number of alkyl halides is 9. The van der Waals surface area contributed by atoms with Gasteiger partial charge < -0.3 is 0 Å². The van der Waals surface area contributed by atoms with Gasteiger partial charge in [0, 0.05) is 0 Å². The van der Waals surface area contributed by atoms with Crippen LogP contribution >= 0.6 is 11.8 Å². The van der Waals surface area contributed by atoms with Gasteiger partial charge in [-0.05, 0) is 48.8 Å². The molecule has 224 valence electrons. The Morgan fingerprint density at radius 3 is 1.82 bits per heavy atom. The van der Waals surface area contributed by atoms with Crippen LogP contribution in [0.25, 0.3) is 0 Å². The number of rotatable bonds is 10. The van der Waals surface area contributed by atoms with Crippen LogP contribution in [0.1, 0.15) is 23.1 Å². The first-order valence-electron chi connectivity index (χ1n) is 10.4. The molecule has 8 nitrogen and oxygen atoms in total. The maximum Gasteiger partial charge on any atom is 0.417 e. The zero-order valence-corrected chi connectivity index (χ0v) is 22.2. The van der Waals surface area contributed by atoms with Gasteiger partial charge in [0.15, 0.2) is 0 Å². The number of amides is 1. The van der Waals surface area contributed by atoms with Gasteiger partial charge in [-0.25, -0.2) is 16.8 Å². The predicted octanol–water partition coefficient (Wildman–Crippen LogP) is 4.15. The molecular formula is C20H18F9N3O5S3. The predicted molar refractivity (Wildman–Crippen MR) is 123 cm³/mol. The van der Waals surface area contributed by atoms with Gasteiger partial charge in [0.2, 0.25) is 10.0 Å². The van der Waals surface area contributed by atoms with Gasteiger partial charge in [-0.2, -0.15) is 56.0 Å². The number of hydrazine groups is 1. The highest BCUT2D eigenvalue weighted by atomic mass is 32.2. The molecule has 0 aliphatic rings. The number of hydrogen-bond acceptors (Lipinski definition) is 6. The van der Waals surface area contributed by atoms with Crippen LogP contribution in [-0.2, 0) is 43.4 Å². The number of carbonyl (C=O) groups excluding carboxylic acids is 1. The van der Waals surface area contributed by atoms with Crippen molar-refractivity contribution in [2.45, 2.75) is 40.8 Å². The molecule has 0 unspecified atom stereocenters. The van der Waals surface area contributed by atoms with Crippen LogP contribution < -0.4 is 15.0 Å². The lowest BCUT2D eigenvalue weighted by Crippen LogP contribution is -2.52. The molecule has 3 N–H and O–H groups in total. The molecule has 1 atom stereocenters. The quantitative estimate of drug-likeness (QED) is 0.263. The molecule has 0 bridgehead atoms. The second kappa shape index (κ2) is 12.1. The van der Waals surface area contributed by atoms with Crippen LogP contribution in [0, 0.1) is 0 Å². The molecule has 0 heterocycles. The van der Waals surface area contributed by atoms with Crippen molar-refractivity contribution in [2.24, 2.45) is 0 Å². The van der Waals surface area contributed by atoms with Crippen LogP contribution in [0.2, 0.25) is 0 Å². The van der Waals surface area contributed by atoms with E-state index in [0.717, 1.165) is 23.9 Å². The van der Waals surface area contributed by atoms with Crippen molar-refractivity contribution in [1.29, 1.82) is 0 Å². The van der Waals surface area contributed by atoms with Crippen molar-refractivity contribution in [1.82, 2.24) is 15.0 Å². The van der Waals surface area contributed by atoms with Crippen molar-refractivity contribution >= 4 is 37.7 Å². The molecule has 1 amide bonds. The minimum Gasteiger partial charge on any atom is -0.276 e. The minimum absolute atomic E-state index is 0.0271. The molecule has 2 aromatic rings. The van der Waals surface area contributed by atoms with Gasteiger partial charge in [0.25, 0.3) is 15.9 Å². The summed E-state index contributed by atoms with van der Waals surface area (Å²) in [7, 11) is -10.4. The highest BCUT2D eigenvalue weighted by Crippen LogP contribution is 2.37. The van der Waals surface area contributed by atoms with Crippen LogP contribution in [0.4, 0.5) is 39.5 Å². The Bertz CT molecular complexity index is 1410. The molecule has 0 spiro atoms. The number of sulfonamides is 2. The first-order valence-corrected chi connectivity index (χ1v) is 14.7. The average Bonchev–Trinajstić information content (AvgIpc) is 2.83. The maximum atomic E-state index is 13.2. The molecular weight excluding hydrogens is 629 g/mol. The lowest BCUT2D eigenvalue weighted by atomic mass is 10.1. The Labute approximate surface area is 225 Å². The summed E-state index contributed by atoms with van der Waals surface area (Å²) < 4.78 is 170. The van der Waals surface area contributed by atoms with Gasteiger partial charge in [-0.15, -0.1) is 4.83 Å². The monoisotopic (exact) mass is 647 g/mol. The normalized spacial score (nSPS) is 14.2. The van der Waals surface area contributed by atoms with Crippen LogP contribution in [0.15, 0.2) is 52.3 Å². The van der Waals surface area contributed by atoms with Crippen LogP contribution in [0.3, 0.4) is 0 Å². The smallest absolute Gasteiger partial charge is 0.276 e. The Morgan fingerprint density at radius 2 is 1.35 bits per heavy atom. The van der Waals surface area contributed by atoms with Gasteiger partial charge in [0.1, 0.15) is 6.04 Å². The third kappa shape index (κ3) is 8.72. The van der Waals surface area contributed by atoms with Crippen molar-refractivity contribution in [3.05, 3.63) is 59.2 Å². The van der Waals surface area contributed by atoms with E-state index in [1.807, 2.05) is 0 Å². The zero-order chi connectivity index (χ0) is 30.7. The molecule has 2 rings (SSSR count). The van der Waals surface area contributed by atoms with E-state index in [1.165, 1.54) is 16.5 Å². The van der Waals surface area contributed by atoms with E-state index in [1.54, 1.807) is 4.72 Å². The number of thioether (sulfide) groups is 1. The average molecular weight is 648 g/mol. The third-order valence-electron chi connectivity index (χ3n) is 4.89. The van der Waals surface area contributed by atoms with Gasteiger partial charge in [-0.3, -0.25) is 10.2 Å². The summed E-state index contributed by atoms with van der Waals surface area (Å²) in [5.74, 6) is -1.55. The second-order valence-corrected chi connectivity index (χ2v) is 12.1. The highest BCUT2D eigenvalue weighted by molar-refractivity contribution is 7.98. The molecule has 40 heavy (non-hydrogen) atoms. The second-order valence-electron chi connectivity index (χ2n) is 7.79. The molecule has 0 saturated carbocycles. The summed E-state index contributed by atoms with van der Waals surface area (Å²) in [6, 6.07) is 0.353. The Balaban J connectivity index is 2.39. The summed E-state index contributed by atoms with van der Waals surface area (Å²) in [5.41, 5.74) is -3.99. The Kier molecular flexibility index (Phi) is 10.2. The van der Waals surface area contributed by atoms with Crippen molar-refractivity contribution in [3.63, 3.8) is 0 Å². The summed E-state index contributed by atoms with van der Waals surface area (Å²) in [6.07, 6.45) is -14.9. The molecule has 0 radical (unpaired) electrons. The topological polar surface area (TPSA) is 121 Å². The summed E-state index contributed by atoms with van der Waals surface area (Å²) in [6.45, 7) is 0. The zero-order valence-electron chi connectivity index (χ0n) is 19.7. The minimum atomic E-state index is -5.38. The standard InChI is InChI=1S/C20H18F9N3O5S3/c1-38-7-6-15(17(33)30-32-40(36,37)16-5-3-2-4-14(16)20(27,28)29)31-39(34,35)13-9-11(18(21,22)23)8-12(10-13)19(24,25)26/h2-5,8-10,15,31-32H,6-7H2,1H3,(H,30,33)/t15-/m1/s1. The van der Waals surface area contributed by atoms with E-state index in [-0.39, 0.29) is 24.0 Å². The van der Waals surface area contributed by atoms with Crippen LogP contribution in [0.5, 0.6) is 0 Å². The fraction of sp³-hybridized carbons (Fsp3) is 0.350. The largest absolute Gasteiger partial charge is 0.417 e. The highest BCUT2D eigenvalue weighted by Gasteiger charge is 2.40. The summed E-state index contributed by atoms with van der Waals surface area (Å²) >= 11 is 1.03. The molecule has 2 aromatic carbocycles. The maximum absolute atomic E-state index is 13.2. The Morgan fingerprint density at radius 1 is 0.825 bits per heavy atom. The van der Waals surface area contributed by atoms with E-state index < -0.39 is 83.4 Å². The number of halogens is 9. The molecule has 0 fully saturated rings. The fourth-order valence-electron chi connectivity index (χ4n) is 3.01. The summed E-state index contributed by atoms with van der Waals surface area (Å²) in [4.78, 5) is 11.2. The molecule has 0 saturated heterocycles. The van der Waals surface area contributed by atoms with E-state index >= 15 is 0 Å². The van der Waals surface area contributed by atoms with E-state index in [4.69, 9.17) is 0 Å². The lowest BCUT2D eigenvalue weighted by Gasteiger charge is -2.20. The number of benzene rings is 2. The lowest BCUT2D eigenvalue weighted by molar-refractivity contribution is -0.143. The first-order chi connectivity index (χ1) is 18.1. The SMILES string of the molecule is CSCC[C@@H](NS(=O)(=O)c1cc(C(F)(F)F)cc(C(F)(F)F)c1)C(=O)NNS(=O)(=O)c1ccccc1C(F)(F)F. The first kappa shape index (κ1) is 33.7. The summed E-state index contributed by atoms with van der Waals surface area (Å²) in [5, 5.41) is 0. The molecule has 0 aliphatic heterocycles. The number of hydrogen-bond donors (Lipinski definition) is 3. The number of carbonyl (C=O) groups is 1. The van der Waals surface area contributed by atoms with Crippen molar-refractivity contribution in [3.8, 4) is 0 Å². The van der Waals surface area contributed by atoms with Crippen molar-refractivity contribution < 1.29 is 61.1 Å². The Hall–Kier alpha value is -2.55. The van der Waals surface area contributed by atoms with E-state index in [2.05, 4.69) is 0 Å². The fourth-order valence-corrected chi connectivity index (χ4v) is 5.86. The van der Waals surface area contributed by atoms with E-state index in [9.17, 15) is 61.1 Å². The molecule has 0 aromatic heterocycles. The molecule has 0 aliphatic carbocycles. The van der Waals surface area contributed by atoms with E-state index in [0.29, 0.717) is 12.1 Å². The van der Waals surface area contributed by atoms with Gasteiger partial charge in [0.05, 0.1) is 26.5 Å². The van der Waals surface area contributed by atoms with Crippen molar-refractivity contribution in [2.75, 3.05) is 12.0 Å². The third-order valence-corrected chi connectivity index (χ3v) is 8.29.